The maximum atomic E-state index is 12.7. The van der Waals surface area contributed by atoms with Gasteiger partial charge >= 0.3 is 0 Å². The third-order valence-electron chi connectivity index (χ3n) is 4.58. The predicted octanol–water partition coefficient (Wildman–Crippen LogP) is 4.16. The summed E-state index contributed by atoms with van der Waals surface area (Å²) in [4.78, 5) is 43.5. The van der Waals surface area contributed by atoms with Gasteiger partial charge in [0, 0.05) is 22.9 Å². The summed E-state index contributed by atoms with van der Waals surface area (Å²) in [6.07, 6.45) is 0.540. The van der Waals surface area contributed by atoms with E-state index < -0.39 is 5.25 Å². The Kier molecular flexibility index (Phi) is 7.25. The minimum Gasteiger partial charge on any atom is -0.497 e. The van der Waals surface area contributed by atoms with Crippen LogP contribution in [0.25, 0.3) is 11.3 Å². The van der Waals surface area contributed by atoms with E-state index in [2.05, 4.69) is 15.3 Å². The van der Waals surface area contributed by atoms with Crippen LogP contribution in [0.4, 0.5) is 5.69 Å². The first kappa shape index (κ1) is 22.3. The van der Waals surface area contributed by atoms with E-state index in [0.29, 0.717) is 34.3 Å². The summed E-state index contributed by atoms with van der Waals surface area (Å²) in [5.74, 6) is 0.467. The number of carbonyl (C=O) groups is 2. The van der Waals surface area contributed by atoms with E-state index >= 15 is 0 Å². The van der Waals surface area contributed by atoms with Gasteiger partial charge in [0.2, 0.25) is 5.91 Å². The summed E-state index contributed by atoms with van der Waals surface area (Å²) in [6, 6.07) is 15.4. The van der Waals surface area contributed by atoms with Crippen molar-refractivity contribution in [2.45, 2.75) is 30.7 Å². The number of amides is 1. The number of carbonyl (C=O) groups excluding carboxylic acids is 2. The van der Waals surface area contributed by atoms with E-state index in [1.54, 1.807) is 43.5 Å². The van der Waals surface area contributed by atoms with Crippen LogP contribution in [0, 0.1) is 0 Å². The fraction of sp³-hybridized carbons (Fsp3) is 0.217. The normalized spacial score (nSPS) is 11.6. The van der Waals surface area contributed by atoms with Crippen molar-refractivity contribution in [2.75, 3.05) is 12.4 Å². The topological polar surface area (TPSA) is 101 Å². The second kappa shape index (κ2) is 10.1. The van der Waals surface area contributed by atoms with Crippen molar-refractivity contribution in [1.82, 2.24) is 9.97 Å². The second-order valence-corrected chi connectivity index (χ2v) is 7.99. The zero-order valence-electron chi connectivity index (χ0n) is 17.5. The molecule has 0 aliphatic carbocycles. The minimum absolute atomic E-state index is 0.0355. The molecule has 0 bridgehead atoms. The van der Waals surface area contributed by atoms with Gasteiger partial charge in [-0.25, -0.2) is 4.98 Å². The highest BCUT2D eigenvalue weighted by atomic mass is 32.2. The number of nitrogens with one attached hydrogen (secondary N) is 2. The zero-order valence-corrected chi connectivity index (χ0v) is 18.3. The first-order chi connectivity index (χ1) is 14.9. The van der Waals surface area contributed by atoms with Crippen LogP contribution in [0.1, 0.15) is 30.6 Å². The molecule has 1 atom stereocenters. The van der Waals surface area contributed by atoms with Crippen LogP contribution in [0.15, 0.2) is 64.5 Å². The quantitative estimate of drug-likeness (QED) is 0.312. The van der Waals surface area contributed by atoms with Crippen LogP contribution < -0.4 is 15.6 Å². The van der Waals surface area contributed by atoms with Gasteiger partial charge in [0.15, 0.2) is 10.9 Å². The van der Waals surface area contributed by atoms with Gasteiger partial charge in [-0.3, -0.25) is 14.4 Å². The highest BCUT2D eigenvalue weighted by molar-refractivity contribution is 8.00. The average molecular weight is 438 g/mol. The van der Waals surface area contributed by atoms with Crippen molar-refractivity contribution in [2.24, 2.45) is 0 Å². The van der Waals surface area contributed by atoms with Gasteiger partial charge in [0.1, 0.15) is 5.75 Å². The van der Waals surface area contributed by atoms with E-state index in [0.717, 1.165) is 5.56 Å². The molecule has 0 fully saturated rings. The number of hydrogen-bond donors (Lipinski definition) is 2. The molecule has 1 unspecified atom stereocenters. The Balaban J connectivity index is 1.75. The molecule has 1 heterocycles. The van der Waals surface area contributed by atoms with E-state index in [1.165, 1.54) is 24.8 Å². The molecular formula is C23H23N3O4S. The molecule has 0 radical (unpaired) electrons. The number of H-pyrrole nitrogens is 1. The van der Waals surface area contributed by atoms with Crippen LogP contribution >= 0.6 is 11.8 Å². The van der Waals surface area contributed by atoms with Crippen molar-refractivity contribution in [1.29, 1.82) is 0 Å². The number of hydrogen-bond acceptors (Lipinski definition) is 6. The minimum atomic E-state index is -0.457. The molecule has 0 saturated heterocycles. The van der Waals surface area contributed by atoms with E-state index in [4.69, 9.17) is 4.74 Å². The number of ketones is 1. The summed E-state index contributed by atoms with van der Waals surface area (Å²) in [6.45, 7) is 3.38. The van der Waals surface area contributed by atoms with Crippen molar-refractivity contribution >= 4 is 29.1 Å². The van der Waals surface area contributed by atoms with Gasteiger partial charge in [-0.05, 0) is 61.9 Å². The molecule has 0 spiro atoms. The molecule has 0 aliphatic heterocycles. The van der Waals surface area contributed by atoms with Crippen LogP contribution in [0.3, 0.4) is 0 Å². The number of rotatable bonds is 8. The first-order valence-electron chi connectivity index (χ1n) is 9.74. The Morgan fingerprint density at radius 3 is 2.39 bits per heavy atom. The number of Topliss-reactive ketones (excluding diaryl/α,β-unsaturated/α-hetero) is 1. The number of benzene rings is 2. The summed E-state index contributed by atoms with van der Waals surface area (Å²) in [5, 5.41) is 2.76. The van der Waals surface area contributed by atoms with Crippen molar-refractivity contribution in [3.8, 4) is 17.0 Å². The summed E-state index contributed by atoms with van der Waals surface area (Å²) < 4.78 is 5.16. The number of aromatic nitrogens is 2. The van der Waals surface area contributed by atoms with Crippen LogP contribution in [0.5, 0.6) is 5.75 Å². The fourth-order valence-electron chi connectivity index (χ4n) is 2.87. The number of nitrogens with zero attached hydrogens (tertiary/aromatic N) is 1. The van der Waals surface area contributed by atoms with E-state index in [-0.39, 0.29) is 17.2 Å². The van der Waals surface area contributed by atoms with Gasteiger partial charge in [-0.15, -0.1) is 0 Å². The lowest BCUT2D eigenvalue weighted by Crippen LogP contribution is -2.25. The molecule has 8 heteroatoms. The molecular weight excluding hydrogens is 414 g/mol. The summed E-state index contributed by atoms with van der Waals surface area (Å²) >= 11 is 1.20. The molecule has 2 aromatic carbocycles. The largest absolute Gasteiger partial charge is 0.497 e. The lowest BCUT2D eigenvalue weighted by atomic mass is 10.1. The predicted molar refractivity (Wildman–Crippen MR) is 122 cm³/mol. The summed E-state index contributed by atoms with van der Waals surface area (Å²) in [5.41, 5.74) is 2.18. The lowest BCUT2D eigenvalue weighted by Gasteiger charge is -2.14. The first-order valence-corrected chi connectivity index (χ1v) is 10.6. The highest BCUT2D eigenvalue weighted by Gasteiger charge is 2.20. The highest BCUT2D eigenvalue weighted by Crippen LogP contribution is 2.26. The SMILES string of the molecule is CCC(Sc1nc(-c2ccc(OC)cc2)cc(=O)[nH]1)C(=O)Nc1ccc(C(C)=O)cc1. The molecule has 31 heavy (non-hydrogen) atoms. The van der Waals surface area contributed by atoms with Gasteiger partial charge in [0.05, 0.1) is 18.1 Å². The van der Waals surface area contributed by atoms with Crippen LogP contribution in [0.2, 0.25) is 0 Å². The van der Waals surface area contributed by atoms with Gasteiger partial charge in [-0.1, -0.05) is 18.7 Å². The smallest absolute Gasteiger partial charge is 0.252 e. The zero-order chi connectivity index (χ0) is 22.4. The molecule has 1 amide bonds. The van der Waals surface area contributed by atoms with Crippen molar-refractivity contribution in [3.05, 3.63) is 70.5 Å². The lowest BCUT2D eigenvalue weighted by molar-refractivity contribution is -0.115. The third-order valence-corrected chi connectivity index (χ3v) is 5.83. The van der Waals surface area contributed by atoms with Crippen molar-refractivity contribution < 1.29 is 14.3 Å². The summed E-state index contributed by atoms with van der Waals surface area (Å²) in [7, 11) is 1.59. The number of methoxy groups -OCH3 is 1. The number of ether oxygens (including phenoxy) is 1. The Morgan fingerprint density at radius 1 is 1.13 bits per heavy atom. The van der Waals surface area contributed by atoms with Gasteiger partial charge in [0.25, 0.3) is 5.56 Å². The molecule has 3 aromatic rings. The van der Waals surface area contributed by atoms with E-state index in [1.807, 2.05) is 19.1 Å². The Hall–Kier alpha value is -3.39. The van der Waals surface area contributed by atoms with E-state index in [9.17, 15) is 14.4 Å². The molecule has 3 rings (SSSR count). The Labute approximate surface area is 184 Å². The molecule has 160 valence electrons. The molecule has 0 saturated carbocycles. The number of aromatic amines is 1. The van der Waals surface area contributed by atoms with Crippen LogP contribution in [-0.2, 0) is 4.79 Å². The maximum absolute atomic E-state index is 12.7. The molecule has 7 nitrogen and oxygen atoms in total. The monoisotopic (exact) mass is 437 g/mol. The number of thioether (sulfide) groups is 1. The number of anilines is 1. The fourth-order valence-corrected chi connectivity index (χ4v) is 3.78. The molecule has 2 N–H and O–H groups in total. The maximum Gasteiger partial charge on any atom is 0.252 e. The van der Waals surface area contributed by atoms with Crippen LogP contribution in [-0.4, -0.2) is 34.0 Å². The second-order valence-electron chi connectivity index (χ2n) is 6.80. The average Bonchev–Trinajstić information content (AvgIpc) is 2.77. The Bertz CT molecular complexity index is 1120. The van der Waals surface area contributed by atoms with Gasteiger partial charge in [-0.2, -0.15) is 0 Å². The van der Waals surface area contributed by atoms with Gasteiger partial charge < -0.3 is 15.0 Å². The third kappa shape index (κ3) is 5.82. The van der Waals surface area contributed by atoms with Crippen molar-refractivity contribution in [3.63, 3.8) is 0 Å². The molecule has 0 aliphatic rings. The molecule has 1 aromatic heterocycles. The Morgan fingerprint density at radius 2 is 1.81 bits per heavy atom. The standard InChI is InChI=1S/C23H23N3O4S/c1-4-20(22(29)24-17-9-5-15(6-10-17)14(2)27)31-23-25-19(13-21(28)26-23)16-7-11-18(30-3)12-8-16/h5-13,20H,4H2,1-3H3,(H,24,29)(H,25,26,28).